The third kappa shape index (κ3) is 3.58. The minimum Gasteiger partial charge on any atom is -0.378 e. The van der Waals surface area contributed by atoms with Crippen LogP contribution in [0.2, 0.25) is 0 Å². The minimum absolute atomic E-state index is 0.320. The van der Waals surface area contributed by atoms with Gasteiger partial charge in [-0.15, -0.1) is 11.3 Å². The smallest absolute Gasteiger partial charge is 0.109 e. The van der Waals surface area contributed by atoms with Crippen LogP contribution < -0.4 is 10.2 Å². The highest BCUT2D eigenvalue weighted by Crippen LogP contribution is 2.24. The van der Waals surface area contributed by atoms with Gasteiger partial charge < -0.3 is 10.2 Å². The Hall–Kier alpha value is -1.39. The van der Waals surface area contributed by atoms with Gasteiger partial charge in [0.2, 0.25) is 0 Å². The Kier molecular flexibility index (Phi) is 5.15. The van der Waals surface area contributed by atoms with Crippen molar-refractivity contribution in [2.45, 2.75) is 32.4 Å². The lowest BCUT2D eigenvalue weighted by Crippen LogP contribution is -2.24. The van der Waals surface area contributed by atoms with Gasteiger partial charge in [-0.1, -0.05) is 19.1 Å². The van der Waals surface area contributed by atoms with Crippen LogP contribution >= 0.6 is 11.3 Å². The normalized spacial score (nSPS) is 14.0. The fourth-order valence-corrected chi connectivity index (χ4v) is 3.01. The second kappa shape index (κ2) is 6.86. The van der Waals surface area contributed by atoms with E-state index in [0.717, 1.165) is 6.42 Å². The van der Waals surface area contributed by atoms with Crippen molar-refractivity contribution in [2.24, 2.45) is 0 Å². The molecule has 0 aliphatic rings. The lowest BCUT2D eigenvalue weighted by atomic mass is 10.1. The summed E-state index contributed by atoms with van der Waals surface area (Å²) in [7, 11) is 4.12. The second-order valence-electron chi connectivity index (χ2n) is 5.21. The zero-order valence-corrected chi connectivity index (χ0v) is 13.4. The number of hydrogen-bond donors (Lipinski definition) is 1. The largest absolute Gasteiger partial charge is 0.378 e. The van der Waals surface area contributed by atoms with E-state index in [4.69, 9.17) is 0 Å². The van der Waals surface area contributed by atoms with Crippen molar-refractivity contribution in [3.8, 4) is 0 Å². The van der Waals surface area contributed by atoms with Crippen molar-refractivity contribution in [1.82, 2.24) is 10.3 Å². The number of rotatable bonds is 6. The van der Waals surface area contributed by atoms with Crippen molar-refractivity contribution < 1.29 is 0 Å². The van der Waals surface area contributed by atoms with Gasteiger partial charge in [0, 0.05) is 37.4 Å². The van der Waals surface area contributed by atoms with Gasteiger partial charge in [0.25, 0.3) is 0 Å². The molecular weight excluding hydrogens is 266 g/mol. The molecule has 0 saturated carbocycles. The van der Waals surface area contributed by atoms with E-state index >= 15 is 0 Å². The highest BCUT2D eigenvalue weighted by atomic mass is 32.1. The van der Waals surface area contributed by atoms with Gasteiger partial charge in [-0.2, -0.15) is 0 Å². The first-order valence-electron chi connectivity index (χ1n) is 7.04. The van der Waals surface area contributed by atoms with Crippen molar-refractivity contribution in [1.29, 1.82) is 0 Å². The van der Waals surface area contributed by atoms with Crippen LogP contribution in [0.25, 0.3) is 0 Å². The first-order chi connectivity index (χ1) is 9.61. The summed E-state index contributed by atoms with van der Waals surface area (Å²) in [6, 6.07) is 9.37. The maximum Gasteiger partial charge on any atom is 0.109 e. The molecule has 2 atom stereocenters. The zero-order chi connectivity index (χ0) is 14.5. The van der Waals surface area contributed by atoms with E-state index in [-0.39, 0.29) is 0 Å². The molecule has 0 fully saturated rings. The highest BCUT2D eigenvalue weighted by Gasteiger charge is 2.15. The molecule has 2 aromatic rings. The average Bonchev–Trinajstić information content (AvgIpc) is 2.98. The second-order valence-corrected chi connectivity index (χ2v) is 6.13. The summed E-state index contributed by atoms with van der Waals surface area (Å²) in [6.07, 6.45) is 2.93. The van der Waals surface area contributed by atoms with Crippen LogP contribution in [0.3, 0.4) is 0 Å². The molecule has 0 amide bonds. The summed E-state index contributed by atoms with van der Waals surface area (Å²) in [6.45, 7) is 4.40. The summed E-state index contributed by atoms with van der Waals surface area (Å²) >= 11 is 1.72. The summed E-state index contributed by atoms with van der Waals surface area (Å²) in [5, 5.41) is 6.88. The number of hydrogen-bond acceptors (Lipinski definition) is 4. The maximum atomic E-state index is 4.42. The Morgan fingerprint density at radius 2 is 1.95 bits per heavy atom. The van der Waals surface area contributed by atoms with Crippen LogP contribution in [0.4, 0.5) is 5.69 Å². The standard InChI is InChI=1S/C16H23N3S/c1-5-15(16-17-10-11-20-16)18-12(2)13-6-8-14(9-7-13)19(3)4/h6-12,15,18H,5H2,1-4H3. The van der Waals surface area contributed by atoms with Gasteiger partial charge in [-0.05, 0) is 31.0 Å². The molecular formula is C16H23N3S. The number of nitrogens with one attached hydrogen (secondary N) is 1. The van der Waals surface area contributed by atoms with E-state index in [1.807, 2.05) is 11.6 Å². The molecule has 1 aromatic carbocycles. The number of nitrogens with zero attached hydrogens (tertiary/aromatic N) is 2. The Morgan fingerprint density at radius 3 is 2.45 bits per heavy atom. The lowest BCUT2D eigenvalue weighted by Gasteiger charge is -2.22. The Bertz CT molecular complexity index is 505. The molecule has 108 valence electrons. The molecule has 0 bridgehead atoms. The molecule has 20 heavy (non-hydrogen) atoms. The van der Waals surface area contributed by atoms with Crippen LogP contribution in [0.15, 0.2) is 35.8 Å². The molecule has 1 aromatic heterocycles. The molecule has 1 N–H and O–H groups in total. The van der Waals surface area contributed by atoms with Crippen LogP contribution in [-0.4, -0.2) is 19.1 Å². The SMILES string of the molecule is CCC(NC(C)c1ccc(N(C)C)cc1)c1nccs1. The van der Waals surface area contributed by atoms with Crippen LogP contribution in [-0.2, 0) is 0 Å². The maximum absolute atomic E-state index is 4.42. The van der Waals surface area contributed by atoms with Crippen LogP contribution in [0, 0.1) is 0 Å². The van der Waals surface area contributed by atoms with E-state index < -0.39 is 0 Å². The predicted octanol–water partition coefficient (Wildman–Crippen LogP) is 4.01. The Morgan fingerprint density at radius 1 is 1.25 bits per heavy atom. The summed E-state index contributed by atoms with van der Waals surface area (Å²) < 4.78 is 0. The van der Waals surface area contributed by atoms with Gasteiger partial charge in [0.1, 0.15) is 5.01 Å². The molecule has 0 radical (unpaired) electrons. The van der Waals surface area contributed by atoms with E-state index in [1.165, 1.54) is 16.3 Å². The van der Waals surface area contributed by atoms with Crippen molar-refractivity contribution in [3.05, 3.63) is 46.4 Å². The minimum atomic E-state index is 0.320. The van der Waals surface area contributed by atoms with E-state index in [0.29, 0.717) is 12.1 Å². The quantitative estimate of drug-likeness (QED) is 0.871. The fourth-order valence-electron chi connectivity index (χ4n) is 2.23. The molecule has 3 nitrogen and oxygen atoms in total. The fraction of sp³-hybridized carbons (Fsp3) is 0.438. The lowest BCUT2D eigenvalue weighted by molar-refractivity contribution is 0.455. The first-order valence-corrected chi connectivity index (χ1v) is 7.92. The van der Waals surface area contributed by atoms with Crippen LogP contribution in [0.5, 0.6) is 0 Å². The van der Waals surface area contributed by atoms with Crippen molar-refractivity contribution >= 4 is 17.0 Å². The number of anilines is 1. The molecule has 0 aliphatic carbocycles. The van der Waals surface area contributed by atoms with Gasteiger partial charge >= 0.3 is 0 Å². The van der Waals surface area contributed by atoms with E-state index in [2.05, 4.69) is 67.4 Å². The average molecular weight is 289 g/mol. The summed E-state index contributed by atoms with van der Waals surface area (Å²) in [5.74, 6) is 0. The van der Waals surface area contributed by atoms with Gasteiger partial charge in [0.05, 0.1) is 6.04 Å². The van der Waals surface area contributed by atoms with Gasteiger partial charge in [-0.3, -0.25) is 0 Å². The van der Waals surface area contributed by atoms with Gasteiger partial charge in [-0.25, -0.2) is 4.98 Å². The summed E-state index contributed by atoms with van der Waals surface area (Å²) in [4.78, 5) is 6.54. The van der Waals surface area contributed by atoms with Gasteiger partial charge in [0.15, 0.2) is 0 Å². The predicted molar refractivity (Wildman–Crippen MR) is 87.5 cm³/mol. The summed E-state index contributed by atoms with van der Waals surface area (Å²) in [5.41, 5.74) is 2.54. The third-order valence-electron chi connectivity index (χ3n) is 3.52. The zero-order valence-electron chi connectivity index (χ0n) is 12.6. The number of benzene rings is 1. The van der Waals surface area contributed by atoms with E-state index in [9.17, 15) is 0 Å². The monoisotopic (exact) mass is 289 g/mol. The molecule has 1 heterocycles. The molecule has 0 saturated heterocycles. The highest BCUT2D eigenvalue weighted by molar-refractivity contribution is 7.09. The Balaban J connectivity index is 2.05. The molecule has 0 aliphatic heterocycles. The Labute approximate surface area is 125 Å². The van der Waals surface area contributed by atoms with Crippen LogP contribution in [0.1, 0.15) is 42.9 Å². The number of thiazole rings is 1. The molecule has 2 unspecified atom stereocenters. The van der Waals surface area contributed by atoms with E-state index in [1.54, 1.807) is 11.3 Å². The van der Waals surface area contributed by atoms with Crippen molar-refractivity contribution in [2.75, 3.05) is 19.0 Å². The molecule has 2 rings (SSSR count). The topological polar surface area (TPSA) is 28.2 Å². The molecule has 0 spiro atoms. The first kappa shape index (κ1) is 15.0. The van der Waals surface area contributed by atoms with Crippen molar-refractivity contribution in [3.63, 3.8) is 0 Å². The molecule has 4 heteroatoms. The number of aromatic nitrogens is 1. The third-order valence-corrected chi connectivity index (χ3v) is 4.41.